The number of nitrogens with zero attached hydrogens (tertiary/aromatic N) is 2. The quantitative estimate of drug-likeness (QED) is 0.585. The van der Waals surface area contributed by atoms with Crippen molar-refractivity contribution in [2.75, 3.05) is 5.32 Å². The Kier molecular flexibility index (Phi) is 3.97. The molecule has 0 radical (unpaired) electrons. The molecule has 0 aliphatic carbocycles. The average Bonchev–Trinajstić information content (AvgIpc) is 3.08. The number of nitrogens with one attached hydrogen (secondary N) is 1. The molecule has 2 heterocycles. The van der Waals surface area contributed by atoms with Gasteiger partial charge in [0.1, 0.15) is 11.5 Å². The van der Waals surface area contributed by atoms with Gasteiger partial charge in [-0.2, -0.15) is 0 Å². The molecule has 5 heteroatoms. The Morgan fingerprint density at radius 1 is 1.04 bits per heavy atom. The minimum atomic E-state index is -0.550. The third-order valence-electron chi connectivity index (χ3n) is 4.25. The van der Waals surface area contributed by atoms with Crippen molar-refractivity contribution in [1.82, 2.24) is 9.38 Å². The van der Waals surface area contributed by atoms with Crippen molar-refractivity contribution >= 4 is 17.2 Å². The molecule has 0 saturated heterocycles. The number of rotatable bonds is 3. The van der Waals surface area contributed by atoms with E-state index in [-0.39, 0.29) is 5.56 Å². The topological polar surface area (TPSA) is 46.4 Å². The molecule has 0 fully saturated rings. The first-order chi connectivity index (χ1) is 12.6. The average molecular weight is 345 g/mol. The molecule has 4 rings (SSSR count). The molecule has 0 atom stereocenters. The van der Waals surface area contributed by atoms with Crippen LogP contribution in [0.15, 0.2) is 73.1 Å². The highest BCUT2D eigenvalue weighted by atomic mass is 19.1. The van der Waals surface area contributed by atoms with Gasteiger partial charge in [-0.15, -0.1) is 0 Å². The monoisotopic (exact) mass is 345 g/mol. The van der Waals surface area contributed by atoms with E-state index < -0.39 is 11.7 Å². The number of aryl methyl sites for hydroxylation is 1. The van der Waals surface area contributed by atoms with Crippen molar-refractivity contribution in [3.05, 3.63) is 90.0 Å². The largest absolute Gasteiger partial charge is 0.321 e. The lowest BCUT2D eigenvalue weighted by atomic mass is 10.1. The molecule has 0 unspecified atom stereocenters. The van der Waals surface area contributed by atoms with E-state index in [1.165, 1.54) is 12.1 Å². The van der Waals surface area contributed by atoms with Crippen LogP contribution in [0.3, 0.4) is 0 Å². The molecule has 0 bridgehead atoms. The van der Waals surface area contributed by atoms with Crippen LogP contribution in [-0.4, -0.2) is 15.3 Å². The number of hydrogen-bond acceptors (Lipinski definition) is 2. The standard InChI is InChI=1S/C21H16FN3O/c1-14-7-6-12-25-13-19(23-20(14)25)16-9-3-5-11-18(16)24-21(26)15-8-2-4-10-17(15)22/h2-13H,1H3,(H,24,26). The Morgan fingerprint density at radius 3 is 2.62 bits per heavy atom. The number of benzene rings is 2. The summed E-state index contributed by atoms with van der Waals surface area (Å²) in [5.41, 5.74) is 4.03. The van der Waals surface area contributed by atoms with Crippen LogP contribution in [0.4, 0.5) is 10.1 Å². The van der Waals surface area contributed by atoms with E-state index in [9.17, 15) is 9.18 Å². The first kappa shape index (κ1) is 16.0. The fourth-order valence-electron chi connectivity index (χ4n) is 2.93. The number of carbonyl (C=O) groups is 1. The molecule has 0 aliphatic rings. The summed E-state index contributed by atoms with van der Waals surface area (Å²) in [4.78, 5) is 17.1. The van der Waals surface area contributed by atoms with Crippen molar-refractivity contribution in [3.63, 3.8) is 0 Å². The highest BCUT2D eigenvalue weighted by molar-refractivity contribution is 6.06. The first-order valence-electron chi connectivity index (χ1n) is 8.23. The third-order valence-corrected chi connectivity index (χ3v) is 4.25. The number of anilines is 1. The fraction of sp³-hybridized carbons (Fsp3) is 0.0476. The van der Waals surface area contributed by atoms with Gasteiger partial charge in [0, 0.05) is 18.0 Å². The minimum absolute atomic E-state index is 0.00755. The van der Waals surface area contributed by atoms with Gasteiger partial charge in [-0.05, 0) is 36.8 Å². The zero-order valence-electron chi connectivity index (χ0n) is 14.1. The van der Waals surface area contributed by atoms with Crippen molar-refractivity contribution in [2.45, 2.75) is 6.92 Å². The van der Waals surface area contributed by atoms with E-state index in [1.54, 1.807) is 18.2 Å². The number of fused-ring (bicyclic) bond motifs is 1. The maximum Gasteiger partial charge on any atom is 0.258 e. The predicted octanol–water partition coefficient (Wildman–Crippen LogP) is 4.70. The van der Waals surface area contributed by atoms with Crippen LogP contribution in [0.5, 0.6) is 0 Å². The smallest absolute Gasteiger partial charge is 0.258 e. The molecule has 2 aromatic carbocycles. The van der Waals surface area contributed by atoms with Crippen molar-refractivity contribution in [3.8, 4) is 11.3 Å². The molecule has 4 nitrogen and oxygen atoms in total. The van der Waals surface area contributed by atoms with Gasteiger partial charge in [-0.1, -0.05) is 36.4 Å². The fourth-order valence-corrected chi connectivity index (χ4v) is 2.93. The second-order valence-electron chi connectivity index (χ2n) is 6.03. The molecule has 26 heavy (non-hydrogen) atoms. The zero-order valence-corrected chi connectivity index (χ0v) is 14.1. The van der Waals surface area contributed by atoms with Gasteiger partial charge in [0.2, 0.25) is 0 Å². The van der Waals surface area contributed by atoms with Crippen molar-refractivity contribution in [1.29, 1.82) is 0 Å². The minimum Gasteiger partial charge on any atom is -0.321 e. The number of carbonyl (C=O) groups excluding carboxylic acids is 1. The molecule has 128 valence electrons. The third kappa shape index (κ3) is 2.84. The van der Waals surface area contributed by atoms with Gasteiger partial charge in [0.05, 0.1) is 16.9 Å². The first-order valence-corrected chi connectivity index (χ1v) is 8.23. The van der Waals surface area contributed by atoms with Crippen LogP contribution >= 0.6 is 0 Å². The van der Waals surface area contributed by atoms with Crippen LogP contribution in [0.2, 0.25) is 0 Å². The van der Waals surface area contributed by atoms with Gasteiger partial charge in [-0.3, -0.25) is 4.79 Å². The summed E-state index contributed by atoms with van der Waals surface area (Å²) < 4.78 is 15.8. The molecule has 0 saturated carbocycles. The van der Waals surface area contributed by atoms with Crippen LogP contribution in [0.25, 0.3) is 16.9 Å². The highest BCUT2D eigenvalue weighted by Crippen LogP contribution is 2.28. The predicted molar refractivity (Wildman–Crippen MR) is 99.7 cm³/mol. The summed E-state index contributed by atoms with van der Waals surface area (Å²) in [6.07, 6.45) is 3.84. The van der Waals surface area contributed by atoms with Gasteiger partial charge < -0.3 is 9.72 Å². The summed E-state index contributed by atoms with van der Waals surface area (Å²) in [6, 6.07) is 17.2. The van der Waals surface area contributed by atoms with Crippen molar-refractivity contribution in [2.24, 2.45) is 0 Å². The number of amides is 1. The van der Waals surface area contributed by atoms with Crippen molar-refractivity contribution < 1.29 is 9.18 Å². The van der Waals surface area contributed by atoms with Gasteiger partial charge in [0.25, 0.3) is 5.91 Å². The number of halogens is 1. The Labute approximate surface area is 149 Å². The number of aromatic nitrogens is 2. The summed E-state index contributed by atoms with van der Waals surface area (Å²) in [5.74, 6) is -1.04. The zero-order chi connectivity index (χ0) is 18.1. The van der Waals surface area contributed by atoms with E-state index >= 15 is 0 Å². The number of pyridine rings is 1. The molecule has 0 spiro atoms. The Hall–Kier alpha value is -3.47. The number of imidazole rings is 1. The van der Waals surface area contributed by atoms with Crippen LogP contribution in [0, 0.1) is 12.7 Å². The summed E-state index contributed by atoms with van der Waals surface area (Å²) >= 11 is 0. The molecule has 4 aromatic rings. The molecule has 1 amide bonds. The lowest BCUT2D eigenvalue weighted by Crippen LogP contribution is -2.14. The van der Waals surface area contributed by atoms with E-state index in [4.69, 9.17) is 0 Å². The molecule has 2 aromatic heterocycles. The lowest BCUT2D eigenvalue weighted by Gasteiger charge is -2.10. The molecule has 0 aliphatic heterocycles. The SMILES string of the molecule is Cc1cccn2cc(-c3ccccc3NC(=O)c3ccccc3F)nc12. The van der Waals surface area contributed by atoms with Gasteiger partial charge in [-0.25, -0.2) is 9.37 Å². The Morgan fingerprint density at radius 2 is 1.81 bits per heavy atom. The second-order valence-corrected chi connectivity index (χ2v) is 6.03. The molecule has 1 N–H and O–H groups in total. The number of para-hydroxylation sites is 1. The summed E-state index contributed by atoms with van der Waals surface area (Å²) in [7, 11) is 0. The van der Waals surface area contributed by atoms with Gasteiger partial charge in [0.15, 0.2) is 0 Å². The van der Waals surface area contributed by atoms with Gasteiger partial charge >= 0.3 is 0 Å². The van der Waals surface area contributed by atoms with Crippen LogP contribution in [-0.2, 0) is 0 Å². The lowest BCUT2D eigenvalue weighted by molar-refractivity contribution is 0.102. The van der Waals surface area contributed by atoms with E-state index in [0.717, 1.165) is 22.5 Å². The summed E-state index contributed by atoms with van der Waals surface area (Å²) in [6.45, 7) is 2.00. The highest BCUT2D eigenvalue weighted by Gasteiger charge is 2.15. The molecular weight excluding hydrogens is 329 g/mol. The van der Waals surface area contributed by atoms with E-state index in [1.807, 2.05) is 54.0 Å². The summed E-state index contributed by atoms with van der Waals surface area (Å²) in [5, 5.41) is 2.80. The maximum atomic E-state index is 13.9. The van der Waals surface area contributed by atoms with Crippen LogP contribution in [0.1, 0.15) is 15.9 Å². The van der Waals surface area contributed by atoms with E-state index in [0.29, 0.717) is 5.69 Å². The second kappa shape index (κ2) is 6.44. The van der Waals surface area contributed by atoms with E-state index in [2.05, 4.69) is 10.3 Å². The van der Waals surface area contributed by atoms with Crippen LogP contribution < -0.4 is 5.32 Å². The Bertz CT molecular complexity index is 1120. The maximum absolute atomic E-state index is 13.9. The normalized spacial score (nSPS) is 10.8. The molecular formula is C21H16FN3O. The number of hydrogen-bond donors (Lipinski definition) is 1. The Balaban J connectivity index is 1.74.